The standard InChI is InChI=1S/C21H18Cl2FN5O2.C19H17Cl2FN4O/c1-3-16(30)28-7-9-29(10-8-28)20-12-11-13(22)18(25-19(12)26-21(23)27-20)17-14(24)5-4-6-15(17)31-2;1-27-14-7-5-6-13(22)15(14)16-12(20)10-11-17(23-16)24-19(21)25-18(11)26-8-3-2-4-9-26/h3-6,11H,1,7-10H2,2H3;5-7,10H,2-4,8-9H2,1H3. The highest BCUT2D eigenvalue weighted by atomic mass is 35.5. The number of fused-ring (bicyclic) bond motifs is 2. The molecule has 0 aliphatic carbocycles. The van der Waals surface area contributed by atoms with Crippen LogP contribution >= 0.6 is 46.4 Å². The van der Waals surface area contributed by atoms with Gasteiger partial charge < -0.3 is 24.2 Å². The molecule has 6 heterocycles. The first-order chi connectivity index (χ1) is 28.0. The molecule has 2 fully saturated rings. The Morgan fingerprint density at radius 2 is 1.10 bits per heavy atom. The molecular formula is C40H35Cl4F2N9O3. The average Bonchev–Trinajstić information content (AvgIpc) is 3.23. The Kier molecular flexibility index (Phi) is 12.6. The maximum Gasteiger partial charge on any atom is 0.246 e. The van der Waals surface area contributed by atoms with Crippen molar-refractivity contribution in [3.8, 4) is 34.0 Å². The lowest BCUT2D eigenvalue weighted by Gasteiger charge is -2.35. The van der Waals surface area contributed by atoms with E-state index >= 15 is 0 Å². The fourth-order valence-electron chi connectivity index (χ4n) is 6.99. The van der Waals surface area contributed by atoms with E-state index in [4.69, 9.17) is 55.9 Å². The highest BCUT2D eigenvalue weighted by Crippen LogP contribution is 2.40. The number of hydrogen-bond donors (Lipinski definition) is 0. The zero-order valence-electron chi connectivity index (χ0n) is 31.3. The second kappa shape index (κ2) is 17.8. The van der Waals surface area contributed by atoms with Crippen molar-refractivity contribution in [1.82, 2.24) is 34.8 Å². The number of carbonyl (C=O) groups excluding carboxylic acids is 1. The molecule has 0 radical (unpaired) electrons. The molecule has 2 aliphatic rings. The van der Waals surface area contributed by atoms with Crippen LogP contribution in [0, 0.1) is 11.6 Å². The molecule has 2 saturated heterocycles. The van der Waals surface area contributed by atoms with Crippen LogP contribution in [0.25, 0.3) is 44.6 Å². The Labute approximate surface area is 352 Å². The van der Waals surface area contributed by atoms with Gasteiger partial charge in [0.15, 0.2) is 11.3 Å². The molecule has 18 heteroatoms. The van der Waals surface area contributed by atoms with Gasteiger partial charge in [-0.2, -0.15) is 19.9 Å². The maximum absolute atomic E-state index is 14.6. The Hall–Kier alpha value is -5.15. The molecule has 0 bridgehead atoms. The third kappa shape index (κ3) is 8.37. The molecule has 0 unspecified atom stereocenters. The van der Waals surface area contributed by atoms with Crippen molar-refractivity contribution >= 4 is 86.0 Å². The van der Waals surface area contributed by atoms with Gasteiger partial charge in [0, 0.05) is 39.3 Å². The molecule has 2 aromatic carbocycles. The summed E-state index contributed by atoms with van der Waals surface area (Å²) in [6.07, 6.45) is 4.68. The number of ether oxygens (including phenoxy) is 2. The number of piperidine rings is 1. The average molecular weight is 870 g/mol. The van der Waals surface area contributed by atoms with Crippen molar-refractivity contribution in [2.75, 3.05) is 63.3 Å². The number of amides is 1. The van der Waals surface area contributed by atoms with E-state index in [9.17, 15) is 13.6 Å². The van der Waals surface area contributed by atoms with Crippen LogP contribution in [0.4, 0.5) is 20.4 Å². The summed E-state index contributed by atoms with van der Waals surface area (Å²) in [6.45, 7) is 7.42. The van der Waals surface area contributed by atoms with E-state index in [-0.39, 0.29) is 49.7 Å². The number of benzene rings is 2. The summed E-state index contributed by atoms with van der Waals surface area (Å²) >= 11 is 25.3. The molecule has 2 aliphatic heterocycles. The number of rotatable bonds is 7. The number of anilines is 2. The monoisotopic (exact) mass is 867 g/mol. The molecular weight excluding hydrogens is 834 g/mol. The second-order valence-corrected chi connectivity index (χ2v) is 14.7. The minimum Gasteiger partial charge on any atom is -0.496 e. The van der Waals surface area contributed by atoms with Crippen molar-refractivity contribution in [3.63, 3.8) is 0 Å². The summed E-state index contributed by atoms with van der Waals surface area (Å²) in [5.74, 6) is 0.819. The molecule has 0 atom stereocenters. The molecule has 6 aromatic rings. The van der Waals surface area contributed by atoms with Crippen molar-refractivity contribution in [2.24, 2.45) is 0 Å². The van der Waals surface area contributed by atoms with Crippen molar-refractivity contribution in [3.05, 3.63) is 93.4 Å². The molecule has 1 amide bonds. The SMILES string of the molecule is C=CC(=O)N1CCN(c2nc(Cl)nc3nc(-c4c(F)cccc4OC)c(Cl)cc23)CC1.COc1cccc(F)c1-c1nc2nc(Cl)nc(N3CCCCC3)c2cc1Cl. The molecule has 0 spiro atoms. The lowest BCUT2D eigenvalue weighted by molar-refractivity contribution is -0.126. The summed E-state index contributed by atoms with van der Waals surface area (Å²) < 4.78 is 39.7. The van der Waals surface area contributed by atoms with Crippen molar-refractivity contribution in [2.45, 2.75) is 19.3 Å². The van der Waals surface area contributed by atoms with E-state index in [1.807, 2.05) is 4.90 Å². The predicted molar refractivity (Wildman–Crippen MR) is 224 cm³/mol. The largest absolute Gasteiger partial charge is 0.496 e. The molecule has 0 N–H and O–H groups in total. The molecule has 300 valence electrons. The third-order valence-electron chi connectivity index (χ3n) is 9.77. The Morgan fingerprint density at radius 3 is 1.53 bits per heavy atom. The maximum atomic E-state index is 14.6. The number of methoxy groups -OCH3 is 2. The quantitative estimate of drug-likeness (QED) is 0.113. The topological polar surface area (TPSA) is 123 Å². The summed E-state index contributed by atoms with van der Waals surface area (Å²) in [5.41, 5.74) is 1.46. The van der Waals surface area contributed by atoms with E-state index < -0.39 is 11.6 Å². The molecule has 0 saturated carbocycles. The number of pyridine rings is 2. The first-order valence-electron chi connectivity index (χ1n) is 18.2. The number of halogens is 6. The van der Waals surface area contributed by atoms with Gasteiger partial charge in [-0.3, -0.25) is 4.79 Å². The lowest BCUT2D eigenvalue weighted by Crippen LogP contribution is -2.48. The van der Waals surface area contributed by atoms with Crippen molar-refractivity contribution in [1.29, 1.82) is 0 Å². The van der Waals surface area contributed by atoms with Crippen LogP contribution in [-0.2, 0) is 4.79 Å². The molecule has 8 rings (SSSR count). The van der Waals surface area contributed by atoms with E-state index in [0.717, 1.165) is 25.9 Å². The van der Waals surface area contributed by atoms with Gasteiger partial charge in [-0.05, 0) is 84.9 Å². The zero-order chi connectivity index (χ0) is 41.1. The van der Waals surface area contributed by atoms with E-state index in [1.165, 1.54) is 38.8 Å². The highest BCUT2D eigenvalue weighted by Gasteiger charge is 2.26. The van der Waals surface area contributed by atoms with Crippen LogP contribution in [0.3, 0.4) is 0 Å². The fourth-order valence-corrected chi connectivity index (χ4v) is 7.80. The van der Waals surface area contributed by atoms with Gasteiger partial charge >= 0.3 is 0 Å². The normalized spacial score (nSPS) is 14.3. The van der Waals surface area contributed by atoms with Crippen molar-refractivity contribution < 1.29 is 23.0 Å². The molecule has 58 heavy (non-hydrogen) atoms. The minimum absolute atomic E-state index is 0.00775. The Morgan fingerprint density at radius 1 is 0.655 bits per heavy atom. The van der Waals surface area contributed by atoms with Crippen LogP contribution in [0.2, 0.25) is 20.6 Å². The van der Waals surface area contributed by atoms with E-state index in [0.29, 0.717) is 70.8 Å². The predicted octanol–water partition coefficient (Wildman–Crippen LogP) is 9.12. The smallest absolute Gasteiger partial charge is 0.246 e. The number of carbonyl (C=O) groups is 1. The van der Waals surface area contributed by atoms with E-state index in [2.05, 4.69) is 41.4 Å². The number of nitrogens with zero attached hydrogens (tertiary/aromatic N) is 9. The summed E-state index contributed by atoms with van der Waals surface area (Å²) in [7, 11) is 2.92. The van der Waals surface area contributed by atoms with Crippen LogP contribution < -0.4 is 19.3 Å². The van der Waals surface area contributed by atoms with Gasteiger partial charge in [-0.1, -0.05) is 41.9 Å². The van der Waals surface area contributed by atoms with Gasteiger partial charge in [0.2, 0.25) is 16.5 Å². The van der Waals surface area contributed by atoms with Gasteiger partial charge in [0.1, 0.15) is 34.8 Å². The van der Waals surface area contributed by atoms with E-state index in [1.54, 1.807) is 41.3 Å². The summed E-state index contributed by atoms with van der Waals surface area (Å²) in [6, 6.07) is 12.4. The van der Waals surface area contributed by atoms with Gasteiger partial charge in [-0.25, -0.2) is 18.7 Å². The Bertz CT molecular complexity index is 2540. The zero-order valence-corrected chi connectivity index (χ0v) is 34.3. The molecule has 4 aromatic heterocycles. The first-order valence-corrected chi connectivity index (χ1v) is 19.7. The fraction of sp³-hybridized carbons (Fsp3) is 0.275. The number of piperazine rings is 1. The van der Waals surface area contributed by atoms with Gasteiger partial charge in [0.25, 0.3) is 0 Å². The van der Waals surface area contributed by atoms with Gasteiger partial charge in [-0.15, -0.1) is 0 Å². The van der Waals surface area contributed by atoms with Crippen LogP contribution in [0.1, 0.15) is 19.3 Å². The summed E-state index contributed by atoms with van der Waals surface area (Å²) in [4.78, 5) is 44.0. The van der Waals surface area contributed by atoms with Crippen LogP contribution in [0.5, 0.6) is 11.5 Å². The minimum atomic E-state index is -0.517. The third-order valence-corrected chi connectivity index (χ3v) is 10.7. The van der Waals surface area contributed by atoms with Crippen LogP contribution in [-0.4, -0.2) is 94.2 Å². The lowest BCUT2D eigenvalue weighted by atomic mass is 10.1. The highest BCUT2D eigenvalue weighted by molar-refractivity contribution is 6.34. The number of aromatic nitrogens is 6. The van der Waals surface area contributed by atoms with Crippen LogP contribution in [0.15, 0.2) is 61.2 Å². The first kappa shape index (κ1) is 41.0. The Balaban J connectivity index is 0.000000178. The summed E-state index contributed by atoms with van der Waals surface area (Å²) in [5, 5.41) is 1.92. The van der Waals surface area contributed by atoms with Gasteiger partial charge in [0.05, 0.1) is 57.6 Å². The number of hydrogen-bond acceptors (Lipinski definition) is 11. The molecule has 12 nitrogen and oxygen atoms in total. The second-order valence-electron chi connectivity index (χ2n) is 13.2.